The van der Waals surface area contributed by atoms with Gasteiger partial charge in [0.1, 0.15) is 13.1 Å². The number of aromatic nitrogens is 3. The van der Waals surface area contributed by atoms with Crippen molar-refractivity contribution >= 4 is 11.0 Å². The molecule has 3 nitrogen and oxygen atoms in total. The van der Waals surface area contributed by atoms with Crippen LogP contribution in [0.4, 0.5) is 0 Å². The molecule has 0 aliphatic rings. The second-order valence-electron chi connectivity index (χ2n) is 5.66. The molecule has 0 N–H and O–H groups in total. The minimum atomic E-state index is 0. The smallest absolute Gasteiger partial charge is 0.198 e. The first-order valence-corrected chi connectivity index (χ1v) is 7.84. The molecule has 0 unspecified atom stereocenters. The van der Waals surface area contributed by atoms with Gasteiger partial charge in [0.05, 0.1) is 5.21 Å². The van der Waals surface area contributed by atoms with E-state index in [0.717, 1.165) is 24.1 Å². The Bertz CT molecular complexity index is 842. The Kier molecular flexibility index (Phi) is 5.06. The average Bonchev–Trinajstić information content (AvgIpc) is 2.95. The summed E-state index contributed by atoms with van der Waals surface area (Å²) < 4.78 is 4.15. The van der Waals surface area contributed by atoms with Crippen molar-refractivity contribution in [1.29, 1.82) is 0 Å². The minimum Gasteiger partial charge on any atom is -1.00 e. The van der Waals surface area contributed by atoms with E-state index in [0.29, 0.717) is 0 Å². The van der Waals surface area contributed by atoms with Gasteiger partial charge in [-0.2, -0.15) is 0 Å². The van der Waals surface area contributed by atoms with Crippen LogP contribution in [-0.4, -0.2) is 9.90 Å². The van der Waals surface area contributed by atoms with Gasteiger partial charge < -0.3 is 17.0 Å². The molecule has 0 saturated heterocycles. The monoisotopic (exact) mass is 379 g/mol. The summed E-state index contributed by atoms with van der Waals surface area (Å²) in [5.74, 6) is 0. The molecule has 1 heterocycles. The lowest BCUT2D eigenvalue weighted by Crippen LogP contribution is -3.00. The van der Waals surface area contributed by atoms with Crippen molar-refractivity contribution in [3.63, 3.8) is 0 Å². The molecule has 1 aromatic heterocycles. The number of benzene rings is 3. The number of hydrogen-bond donors (Lipinski definition) is 0. The fraction of sp³-hybridized carbons (Fsp3) is 0.100. The summed E-state index contributed by atoms with van der Waals surface area (Å²) in [7, 11) is 0. The Morgan fingerprint density at radius 3 is 2.00 bits per heavy atom. The zero-order chi connectivity index (χ0) is 15.5. The van der Waals surface area contributed by atoms with Gasteiger partial charge in [0.2, 0.25) is 0 Å². The number of halogens is 1. The van der Waals surface area contributed by atoms with E-state index in [9.17, 15) is 0 Å². The lowest BCUT2D eigenvalue weighted by atomic mass is 10.2. The van der Waals surface area contributed by atoms with Gasteiger partial charge >= 0.3 is 0 Å². The highest BCUT2D eigenvalue weighted by Crippen LogP contribution is 2.12. The summed E-state index contributed by atoms with van der Waals surface area (Å²) in [5, 5.41) is 4.81. The van der Waals surface area contributed by atoms with Crippen LogP contribution in [0.15, 0.2) is 84.9 Å². The van der Waals surface area contributed by atoms with Gasteiger partial charge in [-0.25, -0.2) is 0 Å². The molecule has 3 aromatic carbocycles. The van der Waals surface area contributed by atoms with Gasteiger partial charge in [0, 0.05) is 0 Å². The fourth-order valence-corrected chi connectivity index (χ4v) is 2.87. The van der Waals surface area contributed by atoms with E-state index in [1.165, 1.54) is 11.1 Å². The first-order valence-electron chi connectivity index (χ1n) is 7.84. The molecular formula is C20H18BrN3. The van der Waals surface area contributed by atoms with Gasteiger partial charge in [-0.15, -0.1) is 9.36 Å². The largest absolute Gasteiger partial charge is 1.00 e. The van der Waals surface area contributed by atoms with Crippen LogP contribution >= 0.6 is 0 Å². The Labute approximate surface area is 151 Å². The van der Waals surface area contributed by atoms with Crippen LogP contribution < -0.4 is 21.7 Å². The van der Waals surface area contributed by atoms with Crippen molar-refractivity contribution in [1.82, 2.24) is 9.90 Å². The van der Waals surface area contributed by atoms with Crippen molar-refractivity contribution in [3.05, 3.63) is 96.1 Å². The highest BCUT2D eigenvalue weighted by molar-refractivity contribution is 5.70. The van der Waals surface area contributed by atoms with Crippen molar-refractivity contribution in [2.75, 3.05) is 0 Å². The SMILES string of the molecule is [Br-].c1ccc(Cn2n[n+](Cc3ccccc3)c3ccccc32)cc1. The van der Waals surface area contributed by atoms with Gasteiger partial charge in [-0.05, 0) is 23.3 Å². The average molecular weight is 380 g/mol. The molecular weight excluding hydrogens is 362 g/mol. The Balaban J connectivity index is 0.00000169. The van der Waals surface area contributed by atoms with Crippen LogP contribution in [-0.2, 0) is 13.1 Å². The van der Waals surface area contributed by atoms with Crippen LogP contribution in [0.1, 0.15) is 11.1 Å². The molecule has 0 radical (unpaired) electrons. The highest BCUT2D eigenvalue weighted by atomic mass is 79.9. The van der Waals surface area contributed by atoms with Gasteiger partial charge in [-0.3, -0.25) is 0 Å². The van der Waals surface area contributed by atoms with E-state index in [4.69, 9.17) is 5.21 Å². The number of nitrogens with zero attached hydrogens (tertiary/aromatic N) is 3. The topological polar surface area (TPSA) is 21.7 Å². The lowest BCUT2D eigenvalue weighted by Gasteiger charge is -1.96. The number of para-hydroxylation sites is 2. The third-order valence-electron chi connectivity index (χ3n) is 4.00. The van der Waals surface area contributed by atoms with E-state index in [2.05, 4.69) is 82.2 Å². The van der Waals surface area contributed by atoms with Crippen molar-refractivity contribution in [3.8, 4) is 0 Å². The molecule has 0 amide bonds. The molecule has 120 valence electrons. The molecule has 0 fully saturated rings. The number of fused-ring (bicyclic) bond motifs is 1. The minimum absolute atomic E-state index is 0. The summed E-state index contributed by atoms with van der Waals surface area (Å²) in [6.07, 6.45) is 0. The second kappa shape index (κ2) is 7.41. The fourth-order valence-electron chi connectivity index (χ4n) is 2.87. The standard InChI is InChI=1S/C20H18N3.BrH/c1-3-9-17(10-4-1)15-22-19-13-7-8-14-20(19)23(21-22)16-18-11-5-2-6-12-18;/h1-14H,15-16H2;1H/q+1;/p-1. The predicted molar refractivity (Wildman–Crippen MR) is 91.0 cm³/mol. The Hall–Kier alpha value is -2.46. The van der Waals surface area contributed by atoms with Crippen LogP contribution in [0.5, 0.6) is 0 Å². The first-order chi connectivity index (χ1) is 11.4. The zero-order valence-electron chi connectivity index (χ0n) is 13.2. The zero-order valence-corrected chi connectivity index (χ0v) is 14.8. The summed E-state index contributed by atoms with van der Waals surface area (Å²) >= 11 is 0. The quantitative estimate of drug-likeness (QED) is 0.471. The van der Waals surface area contributed by atoms with Crippen molar-refractivity contribution < 1.29 is 21.7 Å². The number of rotatable bonds is 4. The van der Waals surface area contributed by atoms with Gasteiger partial charge in [0.25, 0.3) is 0 Å². The van der Waals surface area contributed by atoms with Crippen molar-refractivity contribution in [2.45, 2.75) is 13.1 Å². The van der Waals surface area contributed by atoms with Crippen molar-refractivity contribution in [2.24, 2.45) is 0 Å². The maximum absolute atomic E-state index is 4.81. The molecule has 0 bridgehead atoms. The normalized spacial score (nSPS) is 10.5. The van der Waals surface area contributed by atoms with Crippen LogP contribution in [0.25, 0.3) is 11.0 Å². The number of hydrogen-bond acceptors (Lipinski definition) is 1. The molecule has 0 saturated carbocycles. The lowest BCUT2D eigenvalue weighted by molar-refractivity contribution is -0.724. The second-order valence-corrected chi connectivity index (χ2v) is 5.66. The summed E-state index contributed by atoms with van der Waals surface area (Å²) in [6, 6.07) is 29.3. The molecule has 4 rings (SSSR count). The van der Waals surface area contributed by atoms with Gasteiger partial charge in [0.15, 0.2) is 11.0 Å². The van der Waals surface area contributed by atoms with Crippen LogP contribution in [0.2, 0.25) is 0 Å². The van der Waals surface area contributed by atoms with E-state index >= 15 is 0 Å². The Morgan fingerprint density at radius 2 is 1.29 bits per heavy atom. The molecule has 4 heteroatoms. The molecule has 0 atom stereocenters. The van der Waals surface area contributed by atoms with E-state index in [-0.39, 0.29) is 17.0 Å². The molecule has 0 aliphatic heterocycles. The van der Waals surface area contributed by atoms with Gasteiger partial charge in [-0.1, -0.05) is 72.8 Å². The summed E-state index contributed by atoms with van der Waals surface area (Å²) in [4.78, 5) is 0. The van der Waals surface area contributed by atoms with Crippen LogP contribution in [0.3, 0.4) is 0 Å². The third-order valence-corrected chi connectivity index (χ3v) is 4.00. The maximum Gasteiger partial charge on any atom is 0.198 e. The van der Waals surface area contributed by atoms with E-state index < -0.39 is 0 Å². The molecule has 0 spiro atoms. The van der Waals surface area contributed by atoms with E-state index in [1.54, 1.807) is 0 Å². The summed E-state index contributed by atoms with van der Waals surface area (Å²) in [5.41, 5.74) is 4.83. The van der Waals surface area contributed by atoms with Crippen LogP contribution in [0, 0.1) is 0 Å². The van der Waals surface area contributed by atoms with E-state index in [1.807, 2.05) is 12.1 Å². The maximum atomic E-state index is 4.81. The summed E-state index contributed by atoms with van der Waals surface area (Å²) in [6.45, 7) is 1.56. The highest BCUT2D eigenvalue weighted by Gasteiger charge is 2.17. The molecule has 24 heavy (non-hydrogen) atoms. The first kappa shape index (κ1) is 16.4. The predicted octanol–water partition coefficient (Wildman–Crippen LogP) is 0.424. The molecule has 0 aliphatic carbocycles. The third kappa shape index (κ3) is 3.39. The molecule has 4 aromatic rings. The Morgan fingerprint density at radius 1 is 0.708 bits per heavy atom.